The largest absolute Gasteiger partial charge is 0.335 e. The van der Waals surface area contributed by atoms with E-state index < -0.39 is 0 Å². The lowest BCUT2D eigenvalue weighted by atomic mass is 9.96. The molecule has 7 heteroatoms. The van der Waals surface area contributed by atoms with E-state index in [1.165, 1.54) is 35.4 Å². The van der Waals surface area contributed by atoms with Gasteiger partial charge in [-0.1, -0.05) is 60.4 Å². The van der Waals surface area contributed by atoms with E-state index in [0.717, 1.165) is 42.2 Å². The fraction of sp³-hybridized carbons (Fsp3) is 0.476. The average molecular weight is 396 g/mol. The Kier molecular flexibility index (Phi) is 4.55. The molecule has 1 aromatic carbocycles. The average Bonchev–Trinajstić information content (AvgIpc) is 3.26. The van der Waals surface area contributed by atoms with Gasteiger partial charge in [-0.15, -0.1) is 5.10 Å². The van der Waals surface area contributed by atoms with Crippen molar-refractivity contribution < 1.29 is 4.79 Å². The topological polar surface area (TPSA) is 62.5 Å². The molecule has 3 heterocycles. The van der Waals surface area contributed by atoms with Crippen molar-refractivity contribution in [3.63, 3.8) is 0 Å². The summed E-state index contributed by atoms with van der Waals surface area (Å²) in [6.07, 6.45) is 6.81. The maximum Gasteiger partial charge on any atom is 0.317 e. The van der Waals surface area contributed by atoms with Gasteiger partial charge < -0.3 is 10.2 Å². The van der Waals surface area contributed by atoms with Crippen molar-refractivity contribution in [3.8, 4) is 11.4 Å². The molecular formula is C21H25N5OS. The molecule has 1 N–H and O–H groups in total. The number of thiazole rings is 1. The Morgan fingerprint density at radius 3 is 2.75 bits per heavy atom. The second kappa shape index (κ2) is 7.20. The first kappa shape index (κ1) is 17.7. The standard InChI is InChI=1S/C21H25N5OS/c1-14-7-9-15(10-8-14)19-23-21-26(24-19)17-11-12-25(13-18(17)28-21)20(27)22-16-5-3-2-4-6-16/h7-10,16H,2-6,11-13H2,1H3,(H,22,27). The van der Waals surface area contributed by atoms with E-state index in [9.17, 15) is 4.79 Å². The van der Waals surface area contributed by atoms with Crippen molar-refractivity contribution in [1.29, 1.82) is 0 Å². The van der Waals surface area contributed by atoms with Gasteiger partial charge >= 0.3 is 6.03 Å². The summed E-state index contributed by atoms with van der Waals surface area (Å²) in [7, 11) is 0. The van der Waals surface area contributed by atoms with E-state index in [1.54, 1.807) is 11.3 Å². The molecule has 3 aromatic rings. The maximum absolute atomic E-state index is 12.7. The summed E-state index contributed by atoms with van der Waals surface area (Å²) >= 11 is 1.65. The Morgan fingerprint density at radius 2 is 1.96 bits per heavy atom. The highest BCUT2D eigenvalue weighted by molar-refractivity contribution is 7.17. The van der Waals surface area contributed by atoms with Gasteiger partial charge in [0.2, 0.25) is 4.96 Å². The van der Waals surface area contributed by atoms with Crippen LogP contribution in [0.2, 0.25) is 0 Å². The first-order valence-corrected chi connectivity index (χ1v) is 11.0. The van der Waals surface area contributed by atoms with E-state index in [0.29, 0.717) is 12.6 Å². The summed E-state index contributed by atoms with van der Waals surface area (Å²) in [4.78, 5) is 21.5. The molecule has 2 aliphatic rings. The molecule has 0 saturated heterocycles. The Morgan fingerprint density at radius 1 is 1.18 bits per heavy atom. The quantitative estimate of drug-likeness (QED) is 0.708. The van der Waals surface area contributed by atoms with Crippen LogP contribution in [0.3, 0.4) is 0 Å². The number of benzene rings is 1. The number of aryl methyl sites for hydroxylation is 1. The number of urea groups is 1. The molecule has 28 heavy (non-hydrogen) atoms. The zero-order chi connectivity index (χ0) is 19.1. The highest BCUT2D eigenvalue weighted by Gasteiger charge is 2.27. The Labute approximate surface area is 168 Å². The lowest BCUT2D eigenvalue weighted by Gasteiger charge is -2.30. The molecular weight excluding hydrogens is 370 g/mol. The molecule has 2 aromatic heterocycles. The molecule has 1 aliphatic carbocycles. The van der Waals surface area contributed by atoms with Gasteiger partial charge in [0.15, 0.2) is 5.82 Å². The number of aromatic nitrogens is 3. The van der Waals surface area contributed by atoms with Crippen LogP contribution in [0.25, 0.3) is 16.3 Å². The fourth-order valence-corrected chi connectivity index (χ4v) is 5.32. The summed E-state index contributed by atoms with van der Waals surface area (Å²) in [6.45, 7) is 3.47. The Hall–Kier alpha value is -2.41. The highest BCUT2D eigenvalue weighted by Crippen LogP contribution is 2.30. The number of rotatable bonds is 2. The SMILES string of the molecule is Cc1ccc(-c2nc3sc4c(n3n2)CCN(C(=O)NC2CCCCC2)C4)cc1. The van der Waals surface area contributed by atoms with Gasteiger partial charge in [-0.25, -0.2) is 9.31 Å². The lowest BCUT2D eigenvalue weighted by Crippen LogP contribution is -2.47. The summed E-state index contributed by atoms with van der Waals surface area (Å²) < 4.78 is 1.98. The molecule has 0 unspecified atom stereocenters. The van der Waals surface area contributed by atoms with Gasteiger partial charge in [-0.05, 0) is 19.8 Å². The van der Waals surface area contributed by atoms with Crippen molar-refractivity contribution in [2.45, 2.75) is 58.0 Å². The smallest absolute Gasteiger partial charge is 0.317 e. The summed E-state index contributed by atoms with van der Waals surface area (Å²) in [5.74, 6) is 0.770. The van der Waals surface area contributed by atoms with E-state index in [1.807, 2.05) is 9.42 Å². The normalized spacial score (nSPS) is 17.7. The van der Waals surface area contributed by atoms with Crippen LogP contribution in [0.4, 0.5) is 4.79 Å². The lowest BCUT2D eigenvalue weighted by molar-refractivity contribution is 0.185. The first-order valence-electron chi connectivity index (χ1n) is 10.2. The van der Waals surface area contributed by atoms with Gasteiger partial charge in [0.1, 0.15) is 0 Å². The third kappa shape index (κ3) is 3.28. The monoisotopic (exact) mass is 395 g/mol. The molecule has 5 rings (SSSR count). The van der Waals surface area contributed by atoms with Crippen molar-refractivity contribution in [2.75, 3.05) is 6.54 Å². The number of amides is 2. The van der Waals surface area contributed by atoms with Crippen LogP contribution in [0, 0.1) is 6.92 Å². The Bertz CT molecular complexity index is 1000. The minimum Gasteiger partial charge on any atom is -0.335 e. The zero-order valence-electron chi connectivity index (χ0n) is 16.1. The number of nitrogens with one attached hydrogen (secondary N) is 1. The van der Waals surface area contributed by atoms with E-state index >= 15 is 0 Å². The van der Waals surface area contributed by atoms with Crippen molar-refractivity contribution in [2.24, 2.45) is 0 Å². The summed E-state index contributed by atoms with van der Waals surface area (Å²) in [5, 5.41) is 7.98. The van der Waals surface area contributed by atoms with Gasteiger partial charge in [0.25, 0.3) is 0 Å². The fourth-order valence-electron chi connectivity index (χ4n) is 4.20. The predicted molar refractivity (Wildman–Crippen MR) is 111 cm³/mol. The molecule has 6 nitrogen and oxygen atoms in total. The number of nitrogens with zero attached hydrogens (tertiary/aromatic N) is 4. The molecule has 0 radical (unpaired) electrons. The van der Waals surface area contributed by atoms with Crippen LogP contribution in [-0.2, 0) is 13.0 Å². The number of carbonyl (C=O) groups excluding carboxylic acids is 1. The van der Waals surface area contributed by atoms with Gasteiger partial charge in [0.05, 0.1) is 12.2 Å². The van der Waals surface area contributed by atoms with Gasteiger partial charge in [0, 0.05) is 29.4 Å². The van der Waals surface area contributed by atoms with Crippen LogP contribution in [0.1, 0.15) is 48.2 Å². The highest BCUT2D eigenvalue weighted by atomic mass is 32.1. The maximum atomic E-state index is 12.7. The van der Waals surface area contributed by atoms with E-state index in [4.69, 9.17) is 10.1 Å². The summed E-state index contributed by atoms with van der Waals surface area (Å²) in [5.41, 5.74) is 3.47. The molecule has 2 amide bonds. The van der Waals surface area contributed by atoms with Crippen molar-refractivity contribution >= 4 is 22.3 Å². The second-order valence-corrected chi connectivity index (χ2v) is 8.99. The van der Waals surface area contributed by atoms with Crippen LogP contribution in [0.15, 0.2) is 24.3 Å². The number of carbonyl (C=O) groups is 1. The number of hydrogen-bond acceptors (Lipinski definition) is 4. The molecule has 1 fully saturated rings. The third-order valence-corrected chi connectivity index (χ3v) is 6.91. The minimum absolute atomic E-state index is 0.0805. The van der Waals surface area contributed by atoms with Crippen LogP contribution < -0.4 is 5.32 Å². The van der Waals surface area contributed by atoms with Gasteiger partial charge in [-0.3, -0.25) is 0 Å². The Balaban J connectivity index is 1.33. The molecule has 0 bridgehead atoms. The molecule has 1 saturated carbocycles. The first-order chi connectivity index (χ1) is 13.7. The predicted octanol–water partition coefficient (Wildman–Crippen LogP) is 4.17. The third-order valence-electron chi connectivity index (χ3n) is 5.85. The number of fused-ring (bicyclic) bond motifs is 3. The van der Waals surface area contributed by atoms with Crippen molar-refractivity contribution in [1.82, 2.24) is 24.8 Å². The zero-order valence-corrected chi connectivity index (χ0v) is 17.0. The van der Waals surface area contributed by atoms with Crippen LogP contribution in [0.5, 0.6) is 0 Å². The molecule has 0 spiro atoms. The second-order valence-electron chi connectivity index (χ2n) is 7.92. The summed E-state index contributed by atoms with van der Waals surface area (Å²) in [6, 6.07) is 8.74. The van der Waals surface area contributed by atoms with E-state index in [-0.39, 0.29) is 6.03 Å². The van der Waals surface area contributed by atoms with Crippen LogP contribution >= 0.6 is 11.3 Å². The van der Waals surface area contributed by atoms with Gasteiger partial charge in [-0.2, -0.15) is 4.98 Å². The molecule has 0 atom stereocenters. The molecule has 146 valence electrons. The number of hydrogen-bond donors (Lipinski definition) is 1. The van der Waals surface area contributed by atoms with Crippen LogP contribution in [-0.4, -0.2) is 38.1 Å². The van der Waals surface area contributed by atoms with Crippen molar-refractivity contribution in [3.05, 3.63) is 40.4 Å². The molecule has 1 aliphatic heterocycles. The minimum atomic E-state index is 0.0805. The van der Waals surface area contributed by atoms with E-state index in [2.05, 4.69) is 36.5 Å².